The van der Waals surface area contributed by atoms with Crippen molar-refractivity contribution in [3.8, 4) is 0 Å². The van der Waals surface area contributed by atoms with Crippen LogP contribution in [-0.4, -0.2) is 13.1 Å². The van der Waals surface area contributed by atoms with Gasteiger partial charge in [-0.2, -0.15) is 5.92 Å². The van der Waals surface area contributed by atoms with Crippen molar-refractivity contribution in [3.63, 3.8) is 0 Å². The van der Waals surface area contributed by atoms with E-state index < -0.39 is 0 Å². The molecule has 1 nitrogen and oxygen atoms in total. The van der Waals surface area contributed by atoms with E-state index >= 15 is 0 Å². The van der Waals surface area contributed by atoms with Crippen molar-refractivity contribution in [2.75, 3.05) is 13.1 Å². The zero-order valence-corrected chi connectivity index (χ0v) is 8.03. The van der Waals surface area contributed by atoms with Gasteiger partial charge in [-0.05, 0) is 13.1 Å². The van der Waals surface area contributed by atoms with Gasteiger partial charge in [-0.1, -0.05) is 12.8 Å². The van der Waals surface area contributed by atoms with E-state index in [1.807, 2.05) is 0 Å². The van der Waals surface area contributed by atoms with Crippen LogP contribution in [-0.2, 0) is 32.7 Å². The van der Waals surface area contributed by atoms with Gasteiger partial charge in [0.2, 0.25) is 0 Å². The molecule has 0 atom stereocenters. The van der Waals surface area contributed by atoms with E-state index in [9.17, 15) is 0 Å². The summed E-state index contributed by atoms with van der Waals surface area (Å²) in [6.45, 7) is 6.31. The zero-order chi connectivity index (χ0) is 5.11. The summed E-state index contributed by atoms with van der Waals surface area (Å²) in [5, 5.41) is 3.28. The molecule has 0 spiro atoms. The third kappa shape index (κ3) is 3.16. The molecule has 1 radical (unpaired) electrons. The smallest absolute Gasteiger partial charge is 0 e. The van der Waals surface area contributed by atoms with Gasteiger partial charge in [-0.25, -0.2) is 0 Å². The summed E-state index contributed by atoms with van der Waals surface area (Å²) in [6.07, 6.45) is 2.53. The second kappa shape index (κ2) is 4.90. The van der Waals surface area contributed by atoms with Crippen molar-refractivity contribution in [2.24, 2.45) is 5.92 Å². The van der Waals surface area contributed by atoms with E-state index in [2.05, 4.69) is 12.2 Å². The summed E-state index contributed by atoms with van der Waals surface area (Å²) in [7, 11) is 0. The summed E-state index contributed by atoms with van der Waals surface area (Å²) >= 11 is 0. The molecule has 1 saturated heterocycles. The van der Waals surface area contributed by atoms with E-state index in [0.717, 1.165) is 5.92 Å². The van der Waals surface area contributed by atoms with Crippen LogP contribution >= 0.6 is 0 Å². The Morgan fingerprint density at radius 1 is 1.25 bits per heavy atom. The summed E-state index contributed by atoms with van der Waals surface area (Å²) in [4.78, 5) is 0. The number of nitrogens with one attached hydrogen (secondary N) is 1. The van der Waals surface area contributed by atoms with Gasteiger partial charge in [0, 0.05) is 32.7 Å². The fourth-order valence-electron chi connectivity index (χ4n) is 0.882. The maximum Gasteiger partial charge on any atom is 0 e. The molecule has 0 aromatic carbocycles. The van der Waals surface area contributed by atoms with Crippen LogP contribution in [0.5, 0.6) is 0 Å². The van der Waals surface area contributed by atoms with E-state index in [-0.39, 0.29) is 32.7 Å². The summed E-state index contributed by atoms with van der Waals surface area (Å²) in [5.74, 6) is 0.723. The molecule has 1 aliphatic rings. The van der Waals surface area contributed by atoms with Crippen LogP contribution < -0.4 is 5.32 Å². The Morgan fingerprint density at radius 3 is 2.00 bits per heavy atom. The first-order valence-electron chi connectivity index (χ1n) is 2.93. The van der Waals surface area contributed by atoms with Gasteiger partial charge in [0.1, 0.15) is 0 Å². The second-order valence-electron chi connectivity index (χ2n) is 2.19. The van der Waals surface area contributed by atoms with Crippen molar-refractivity contribution >= 4 is 0 Å². The molecule has 45 valence electrons. The molecule has 1 heterocycles. The Bertz CT molecular complexity index is 50.5. The van der Waals surface area contributed by atoms with Crippen molar-refractivity contribution < 1.29 is 32.7 Å². The average molecular weight is 187 g/mol. The molecule has 0 aliphatic carbocycles. The maximum absolute atomic E-state index is 3.96. The first kappa shape index (κ1) is 9.06. The molecule has 0 bridgehead atoms. The molecule has 8 heavy (non-hydrogen) atoms. The Hall–Kier alpha value is 1.06. The van der Waals surface area contributed by atoms with Gasteiger partial charge in [0.15, 0.2) is 0 Å². The molecule has 1 aliphatic heterocycles. The summed E-state index contributed by atoms with van der Waals surface area (Å²) < 4.78 is 0. The fourth-order valence-corrected chi connectivity index (χ4v) is 0.882. The number of piperidine rings is 1. The summed E-state index contributed by atoms with van der Waals surface area (Å²) in [5.41, 5.74) is 0. The Morgan fingerprint density at radius 2 is 1.75 bits per heavy atom. The second-order valence-corrected chi connectivity index (χ2v) is 2.19. The molecule has 0 aromatic rings. The van der Waals surface area contributed by atoms with E-state index in [0.29, 0.717) is 0 Å². The van der Waals surface area contributed by atoms with Crippen molar-refractivity contribution in [2.45, 2.75) is 12.8 Å². The molecule has 2 heteroatoms. The third-order valence-electron chi connectivity index (χ3n) is 1.46. The average Bonchev–Trinajstić information content (AvgIpc) is 1.69. The van der Waals surface area contributed by atoms with Gasteiger partial charge in [0.25, 0.3) is 0 Å². The quantitative estimate of drug-likeness (QED) is 0.553. The summed E-state index contributed by atoms with van der Waals surface area (Å²) in [6, 6.07) is 0. The minimum Gasteiger partial charge on any atom is -0.340 e. The van der Waals surface area contributed by atoms with Gasteiger partial charge in [0.05, 0.1) is 0 Å². The third-order valence-corrected chi connectivity index (χ3v) is 1.46. The van der Waals surface area contributed by atoms with E-state index in [1.54, 1.807) is 0 Å². The molecule has 1 N–H and O–H groups in total. The molecule has 0 saturated carbocycles. The van der Waals surface area contributed by atoms with Gasteiger partial charge in [-0.3, -0.25) is 0 Å². The van der Waals surface area contributed by atoms with Crippen LogP contribution in [0.3, 0.4) is 0 Å². The van der Waals surface area contributed by atoms with E-state index in [4.69, 9.17) is 0 Å². The van der Waals surface area contributed by atoms with E-state index in [1.165, 1.54) is 25.9 Å². The van der Waals surface area contributed by atoms with Crippen LogP contribution in [0.1, 0.15) is 12.8 Å². The first-order chi connectivity index (χ1) is 3.39. The minimum atomic E-state index is 0. The van der Waals surface area contributed by atoms with Crippen LogP contribution in [0.2, 0.25) is 0 Å². The minimum absolute atomic E-state index is 0. The Kier molecular flexibility index (Phi) is 5.55. The van der Waals surface area contributed by atoms with Crippen LogP contribution in [0, 0.1) is 12.8 Å². The molecule has 0 unspecified atom stereocenters. The van der Waals surface area contributed by atoms with Gasteiger partial charge >= 0.3 is 0 Å². The molecular weight excluding hydrogens is 175 g/mol. The standard InChI is InChI=1S/C6H12N.Y/c1-6-2-4-7-5-3-6;/h6-7H,1-5H2;/q-1;. The number of rotatable bonds is 0. The fraction of sp³-hybridized carbons (Fsp3) is 0.833. The Balaban J connectivity index is 0.000000490. The van der Waals surface area contributed by atoms with Crippen LogP contribution in [0.15, 0.2) is 0 Å². The number of hydrogen-bond donors (Lipinski definition) is 1. The van der Waals surface area contributed by atoms with Crippen LogP contribution in [0.25, 0.3) is 0 Å². The SMILES string of the molecule is [CH2-]C1CCNCC1.[Y]. The first-order valence-corrected chi connectivity index (χ1v) is 2.93. The molecule has 0 aromatic heterocycles. The van der Waals surface area contributed by atoms with Crippen LogP contribution in [0.4, 0.5) is 0 Å². The Labute approximate surface area is 76.5 Å². The van der Waals surface area contributed by atoms with Crippen molar-refractivity contribution in [1.29, 1.82) is 0 Å². The largest absolute Gasteiger partial charge is 0.340 e. The zero-order valence-electron chi connectivity index (χ0n) is 5.19. The topological polar surface area (TPSA) is 12.0 Å². The maximum atomic E-state index is 3.96. The van der Waals surface area contributed by atoms with Crippen molar-refractivity contribution in [3.05, 3.63) is 6.92 Å². The number of hydrogen-bond acceptors (Lipinski definition) is 1. The van der Waals surface area contributed by atoms with Crippen molar-refractivity contribution in [1.82, 2.24) is 5.32 Å². The molecule has 1 fully saturated rings. The molecule has 1 rings (SSSR count). The molecular formula is C6H12NY-. The monoisotopic (exact) mass is 187 g/mol. The van der Waals surface area contributed by atoms with Gasteiger partial charge in [-0.15, -0.1) is 0 Å². The molecule has 0 amide bonds. The predicted molar refractivity (Wildman–Crippen MR) is 31.0 cm³/mol. The van der Waals surface area contributed by atoms with Gasteiger partial charge < -0.3 is 12.2 Å². The predicted octanol–water partition coefficient (Wildman–Crippen LogP) is 0.818. The normalized spacial score (nSPS) is 22.1.